The topological polar surface area (TPSA) is 36.9 Å². The minimum atomic E-state index is -0.880. The van der Waals surface area contributed by atoms with Gasteiger partial charge in [-0.25, -0.2) is 4.89 Å². The van der Waals surface area contributed by atoms with Crippen LogP contribution in [0.4, 0.5) is 0 Å². The van der Waals surface area contributed by atoms with Gasteiger partial charge in [-0.2, -0.15) is 4.89 Å². The Balaban J connectivity index is 1.90. The molecule has 0 amide bonds. The molecule has 126 valence electrons. The molecular formula is C19H26O4. The van der Waals surface area contributed by atoms with Crippen LogP contribution in [0.5, 0.6) is 5.75 Å². The lowest BCUT2D eigenvalue weighted by molar-refractivity contribution is -0.650. The summed E-state index contributed by atoms with van der Waals surface area (Å²) in [5.74, 6) is 0.557. The molecule has 1 heterocycles. The highest BCUT2D eigenvalue weighted by atomic mass is 17.3. The molecular weight excluding hydrogens is 292 g/mol. The van der Waals surface area contributed by atoms with Gasteiger partial charge in [-0.3, -0.25) is 0 Å². The van der Waals surface area contributed by atoms with Gasteiger partial charge in [0, 0.05) is 23.5 Å². The Bertz CT molecular complexity index is 631. The van der Waals surface area contributed by atoms with Crippen LogP contribution < -0.4 is 4.74 Å². The second-order valence-corrected chi connectivity index (χ2v) is 8.12. The van der Waals surface area contributed by atoms with Crippen molar-refractivity contribution >= 4 is 0 Å². The van der Waals surface area contributed by atoms with Crippen LogP contribution in [0, 0.1) is 16.7 Å². The van der Waals surface area contributed by atoms with E-state index >= 15 is 0 Å². The number of benzene rings is 1. The fraction of sp³-hybridized carbons (Fsp3) is 0.684. The number of rotatable bonds is 3. The molecule has 23 heavy (non-hydrogen) atoms. The fourth-order valence-electron chi connectivity index (χ4n) is 5.85. The molecule has 1 aromatic rings. The predicted octanol–water partition coefficient (Wildman–Crippen LogP) is 4.04. The van der Waals surface area contributed by atoms with E-state index in [0.717, 1.165) is 17.7 Å². The fourth-order valence-corrected chi connectivity index (χ4v) is 5.85. The highest BCUT2D eigenvalue weighted by molar-refractivity contribution is 5.38. The van der Waals surface area contributed by atoms with Crippen molar-refractivity contribution in [1.82, 2.24) is 0 Å². The first-order chi connectivity index (χ1) is 10.9. The lowest BCUT2D eigenvalue weighted by Crippen LogP contribution is -2.76. The Kier molecular flexibility index (Phi) is 3.02. The summed E-state index contributed by atoms with van der Waals surface area (Å²) < 4.78 is 11.4. The number of methoxy groups -OCH3 is 2. The summed E-state index contributed by atoms with van der Waals surface area (Å²) in [6.07, 6.45) is 3.57. The van der Waals surface area contributed by atoms with Crippen molar-refractivity contribution in [2.24, 2.45) is 16.7 Å². The van der Waals surface area contributed by atoms with E-state index in [2.05, 4.69) is 20.8 Å². The second-order valence-electron chi connectivity index (χ2n) is 8.12. The molecule has 1 saturated heterocycles. The molecule has 1 aliphatic heterocycles. The summed E-state index contributed by atoms with van der Waals surface area (Å²) in [4.78, 5) is 11.8. The predicted molar refractivity (Wildman–Crippen MR) is 85.8 cm³/mol. The van der Waals surface area contributed by atoms with E-state index in [1.807, 2.05) is 24.3 Å². The van der Waals surface area contributed by atoms with Crippen LogP contribution >= 0.6 is 0 Å². The van der Waals surface area contributed by atoms with Crippen molar-refractivity contribution in [1.29, 1.82) is 0 Å². The molecule has 4 atom stereocenters. The molecule has 2 bridgehead atoms. The standard InChI is InChI=1S/C19H26O4/c1-16(2)14-9-10-17(3,12-14)19(16)18(21-5,22-23-19)13-7-6-8-15(11-13)20-4/h6-8,11,14H,9-10,12H2,1-5H3/t14-,17+,18?,19?/m0/s1. The quantitative estimate of drug-likeness (QED) is 0.788. The van der Waals surface area contributed by atoms with E-state index in [-0.39, 0.29) is 10.8 Å². The Morgan fingerprint density at radius 3 is 2.43 bits per heavy atom. The van der Waals surface area contributed by atoms with Crippen molar-refractivity contribution in [3.05, 3.63) is 29.8 Å². The van der Waals surface area contributed by atoms with Gasteiger partial charge in [0.2, 0.25) is 0 Å². The third-order valence-corrected chi connectivity index (χ3v) is 7.00. The van der Waals surface area contributed by atoms with Crippen LogP contribution in [-0.4, -0.2) is 19.8 Å². The summed E-state index contributed by atoms with van der Waals surface area (Å²) in [6.45, 7) is 6.94. The largest absolute Gasteiger partial charge is 0.497 e. The van der Waals surface area contributed by atoms with Gasteiger partial charge < -0.3 is 9.47 Å². The Morgan fingerprint density at radius 1 is 1.13 bits per heavy atom. The van der Waals surface area contributed by atoms with E-state index in [1.165, 1.54) is 12.8 Å². The average molecular weight is 318 g/mol. The van der Waals surface area contributed by atoms with Gasteiger partial charge in [0.1, 0.15) is 5.75 Å². The Labute approximate surface area is 138 Å². The maximum absolute atomic E-state index is 6.05. The van der Waals surface area contributed by atoms with Crippen LogP contribution in [0.3, 0.4) is 0 Å². The molecule has 1 spiro atoms. The Morgan fingerprint density at radius 2 is 1.91 bits per heavy atom. The van der Waals surface area contributed by atoms with E-state index in [4.69, 9.17) is 19.2 Å². The van der Waals surface area contributed by atoms with Crippen molar-refractivity contribution in [2.45, 2.75) is 51.4 Å². The van der Waals surface area contributed by atoms with Crippen LogP contribution in [0.2, 0.25) is 0 Å². The molecule has 0 aromatic heterocycles. The van der Waals surface area contributed by atoms with Crippen LogP contribution in [-0.2, 0) is 20.3 Å². The Hall–Kier alpha value is -1.10. The monoisotopic (exact) mass is 318 g/mol. The van der Waals surface area contributed by atoms with E-state index in [9.17, 15) is 0 Å². The minimum absolute atomic E-state index is 0.0165. The van der Waals surface area contributed by atoms with Crippen molar-refractivity contribution < 1.29 is 19.2 Å². The molecule has 4 heteroatoms. The van der Waals surface area contributed by atoms with E-state index in [1.54, 1.807) is 14.2 Å². The van der Waals surface area contributed by atoms with Gasteiger partial charge in [0.25, 0.3) is 5.79 Å². The molecule has 4 nitrogen and oxygen atoms in total. The van der Waals surface area contributed by atoms with Crippen molar-refractivity contribution in [3.8, 4) is 5.75 Å². The maximum atomic E-state index is 6.05. The first-order valence-electron chi connectivity index (χ1n) is 8.43. The van der Waals surface area contributed by atoms with Gasteiger partial charge in [-0.1, -0.05) is 32.9 Å². The molecule has 0 radical (unpaired) electrons. The smallest absolute Gasteiger partial charge is 0.261 e. The van der Waals surface area contributed by atoms with Crippen LogP contribution in [0.25, 0.3) is 0 Å². The van der Waals surface area contributed by atoms with Gasteiger partial charge >= 0.3 is 0 Å². The average Bonchev–Trinajstić information content (AvgIpc) is 2.98. The number of fused-ring (bicyclic) bond motifs is 3. The zero-order valence-corrected chi connectivity index (χ0v) is 14.6. The summed E-state index contributed by atoms with van der Waals surface area (Å²) in [5, 5.41) is 0. The highest BCUT2D eigenvalue weighted by Gasteiger charge is 2.85. The normalized spacial score (nSPS) is 43.6. The summed E-state index contributed by atoms with van der Waals surface area (Å²) in [7, 11) is 3.39. The second kappa shape index (κ2) is 4.50. The highest BCUT2D eigenvalue weighted by Crippen LogP contribution is 2.78. The van der Waals surface area contributed by atoms with Gasteiger partial charge in [0.05, 0.1) is 7.11 Å². The molecule has 4 rings (SSSR count). The molecule has 2 unspecified atom stereocenters. The third kappa shape index (κ3) is 1.49. The molecule has 3 fully saturated rings. The first-order valence-corrected chi connectivity index (χ1v) is 8.43. The SMILES string of the molecule is COc1cccc(C2(OC)OOC23C(C)(C)[C@H]2CC[C@]3(C)C2)c1. The van der Waals surface area contributed by atoms with Crippen LogP contribution in [0.15, 0.2) is 24.3 Å². The summed E-state index contributed by atoms with van der Waals surface area (Å²) >= 11 is 0. The van der Waals surface area contributed by atoms with Crippen LogP contribution in [0.1, 0.15) is 45.6 Å². The molecule has 2 aliphatic carbocycles. The van der Waals surface area contributed by atoms with Crippen molar-refractivity contribution in [2.75, 3.05) is 14.2 Å². The first kappa shape index (κ1) is 15.4. The van der Waals surface area contributed by atoms with Gasteiger partial charge in [-0.15, -0.1) is 0 Å². The summed E-state index contributed by atoms with van der Waals surface area (Å²) in [5.41, 5.74) is 0.528. The molecule has 1 aromatic carbocycles. The molecule has 3 aliphatic rings. The third-order valence-electron chi connectivity index (χ3n) is 7.00. The van der Waals surface area contributed by atoms with Gasteiger partial charge in [0.15, 0.2) is 5.60 Å². The zero-order chi connectivity index (χ0) is 16.5. The lowest BCUT2D eigenvalue weighted by atomic mass is 9.55. The number of hydrogen-bond acceptors (Lipinski definition) is 4. The molecule has 0 N–H and O–H groups in total. The minimum Gasteiger partial charge on any atom is -0.497 e. The summed E-state index contributed by atoms with van der Waals surface area (Å²) in [6, 6.07) is 7.96. The zero-order valence-electron chi connectivity index (χ0n) is 14.6. The number of ether oxygens (including phenoxy) is 2. The van der Waals surface area contributed by atoms with Crippen molar-refractivity contribution in [3.63, 3.8) is 0 Å². The van der Waals surface area contributed by atoms with E-state index < -0.39 is 11.4 Å². The van der Waals surface area contributed by atoms with E-state index in [0.29, 0.717) is 5.92 Å². The lowest BCUT2D eigenvalue weighted by Gasteiger charge is -2.65. The maximum Gasteiger partial charge on any atom is 0.261 e. The molecule has 2 saturated carbocycles. The van der Waals surface area contributed by atoms with Gasteiger partial charge in [-0.05, 0) is 37.3 Å². The number of hydrogen-bond donors (Lipinski definition) is 0.